The van der Waals surface area contributed by atoms with E-state index in [-0.39, 0.29) is 47.9 Å². The van der Waals surface area contributed by atoms with Crippen LogP contribution in [-0.4, -0.2) is 45.0 Å². The molecular formula is C17H15Cl2F3N6O. The van der Waals surface area contributed by atoms with E-state index in [1.54, 1.807) is 23.1 Å². The molecule has 3 heterocycles. The van der Waals surface area contributed by atoms with E-state index in [9.17, 15) is 18.0 Å². The molecule has 1 aromatic carbocycles. The highest BCUT2D eigenvalue weighted by Gasteiger charge is 2.53. The minimum atomic E-state index is -4.49. The van der Waals surface area contributed by atoms with Crippen LogP contribution >= 0.6 is 23.2 Å². The van der Waals surface area contributed by atoms with Gasteiger partial charge in [0, 0.05) is 18.7 Å². The first-order valence-electron chi connectivity index (χ1n) is 8.64. The Bertz CT molecular complexity index is 1130. The number of halogens is 5. The molecule has 4 rings (SSSR count). The first-order chi connectivity index (χ1) is 13.6. The normalized spacial score (nSPS) is 17.1. The van der Waals surface area contributed by atoms with Gasteiger partial charge in [0.05, 0.1) is 15.7 Å². The molecule has 1 aliphatic rings. The second kappa shape index (κ2) is 6.89. The predicted molar refractivity (Wildman–Crippen MR) is 104 cm³/mol. The topological polar surface area (TPSA) is 104 Å². The van der Waals surface area contributed by atoms with Crippen LogP contribution in [0.3, 0.4) is 0 Å². The molecule has 0 spiro atoms. The van der Waals surface area contributed by atoms with Gasteiger partial charge in [-0.05, 0) is 18.9 Å². The fraction of sp³-hybridized carbons (Fsp3) is 0.353. The molecule has 0 atom stereocenters. The molecule has 0 amide bonds. The van der Waals surface area contributed by atoms with Crippen molar-refractivity contribution in [2.75, 3.05) is 18.0 Å². The standard InChI is InChI=1S/C17H15Cl2F3N6O/c18-9-3-1-2-8(11(9)19)12-10-13(27-26-12)24-15(25-14(10)29)28-6-4-16(23,5-7-28)17(20,21)22/h1-3H,4-7,23H2,(H2,24,25,26,27,29). The van der Waals surface area contributed by atoms with Crippen LogP contribution in [0, 0.1) is 0 Å². The molecule has 2 aromatic heterocycles. The van der Waals surface area contributed by atoms with Crippen LogP contribution in [0.2, 0.25) is 10.0 Å². The number of rotatable bonds is 2. The average molecular weight is 447 g/mol. The van der Waals surface area contributed by atoms with Crippen molar-refractivity contribution in [2.45, 2.75) is 24.6 Å². The highest BCUT2D eigenvalue weighted by atomic mass is 35.5. The minimum Gasteiger partial charge on any atom is -0.342 e. The summed E-state index contributed by atoms with van der Waals surface area (Å²) in [5, 5.41) is 7.55. The number of H-pyrrole nitrogens is 2. The van der Waals surface area contributed by atoms with Gasteiger partial charge in [-0.1, -0.05) is 35.3 Å². The van der Waals surface area contributed by atoms with Crippen molar-refractivity contribution in [2.24, 2.45) is 5.73 Å². The van der Waals surface area contributed by atoms with Gasteiger partial charge in [-0.2, -0.15) is 23.3 Å². The summed E-state index contributed by atoms with van der Waals surface area (Å²) in [6, 6.07) is 4.97. The van der Waals surface area contributed by atoms with Gasteiger partial charge >= 0.3 is 6.18 Å². The average Bonchev–Trinajstić information content (AvgIpc) is 3.08. The van der Waals surface area contributed by atoms with Crippen molar-refractivity contribution in [1.29, 1.82) is 0 Å². The van der Waals surface area contributed by atoms with Crippen molar-refractivity contribution in [3.05, 3.63) is 38.6 Å². The monoisotopic (exact) mass is 446 g/mol. The molecule has 12 heteroatoms. The van der Waals surface area contributed by atoms with Crippen LogP contribution in [0.4, 0.5) is 19.1 Å². The maximum Gasteiger partial charge on any atom is 0.406 e. The highest BCUT2D eigenvalue weighted by molar-refractivity contribution is 6.43. The number of aromatic nitrogens is 4. The van der Waals surface area contributed by atoms with Crippen LogP contribution in [0.25, 0.3) is 22.3 Å². The lowest BCUT2D eigenvalue weighted by Crippen LogP contribution is -2.59. The Morgan fingerprint density at radius 2 is 1.90 bits per heavy atom. The fourth-order valence-corrected chi connectivity index (χ4v) is 3.76. The molecular weight excluding hydrogens is 432 g/mol. The van der Waals surface area contributed by atoms with E-state index in [4.69, 9.17) is 28.9 Å². The zero-order chi connectivity index (χ0) is 21.0. The number of benzene rings is 1. The summed E-state index contributed by atoms with van der Waals surface area (Å²) in [6.07, 6.45) is -5.10. The van der Waals surface area contributed by atoms with Gasteiger partial charge in [0.25, 0.3) is 5.56 Å². The number of aromatic amines is 2. The second-order valence-corrected chi connectivity index (χ2v) is 7.71. The number of piperidine rings is 1. The van der Waals surface area contributed by atoms with Crippen LogP contribution in [0.1, 0.15) is 12.8 Å². The number of hydrogen-bond acceptors (Lipinski definition) is 5. The Morgan fingerprint density at radius 1 is 1.21 bits per heavy atom. The summed E-state index contributed by atoms with van der Waals surface area (Å²) in [6.45, 7) is 0.00369. The fourth-order valence-electron chi connectivity index (χ4n) is 3.36. The van der Waals surface area contributed by atoms with Crippen molar-refractivity contribution >= 4 is 40.2 Å². The molecule has 154 valence electrons. The molecule has 0 bridgehead atoms. The van der Waals surface area contributed by atoms with E-state index >= 15 is 0 Å². The van der Waals surface area contributed by atoms with E-state index in [1.165, 1.54) is 0 Å². The SMILES string of the molecule is NC1(C(F)(F)F)CCN(c2nc3n[nH]c(-c4cccc(Cl)c4Cl)c3c(=O)[nH]2)CC1. The van der Waals surface area contributed by atoms with Gasteiger partial charge in [0.1, 0.15) is 10.9 Å². The molecule has 4 N–H and O–H groups in total. The van der Waals surface area contributed by atoms with Crippen LogP contribution in [0.15, 0.2) is 23.0 Å². The molecule has 0 radical (unpaired) electrons. The molecule has 0 saturated carbocycles. The summed E-state index contributed by atoms with van der Waals surface area (Å²) in [4.78, 5) is 21.2. The lowest BCUT2D eigenvalue weighted by atomic mass is 9.88. The maximum atomic E-state index is 13.1. The van der Waals surface area contributed by atoms with E-state index in [2.05, 4.69) is 20.2 Å². The summed E-state index contributed by atoms with van der Waals surface area (Å²) >= 11 is 12.3. The maximum absolute atomic E-state index is 13.1. The van der Waals surface area contributed by atoms with E-state index in [1.807, 2.05) is 0 Å². The third-order valence-corrected chi connectivity index (χ3v) is 5.97. The van der Waals surface area contributed by atoms with E-state index in [0.717, 1.165) is 0 Å². The number of fused-ring (bicyclic) bond motifs is 1. The van der Waals surface area contributed by atoms with Crippen LogP contribution in [-0.2, 0) is 0 Å². The number of hydrogen-bond donors (Lipinski definition) is 3. The molecule has 0 unspecified atom stereocenters. The zero-order valence-electron chi connectivity index (χ0n) is 14.8. The van der Waals surface area contributed by atoms with Crippen molar-refractivity contribution < 1.29 is 13.2 Å². The van der Waals surface area contributed by atoms with Gasteiger partial charge in [-0.25, -0.2) is 0 Å². The quantitative estimate of drug-likeness (QED) is 0.558. The summed E-state index contributed by atoms with van der Waals surface area (Å²) < 4.78 is 39.3. The smallest absolute Gasteiger partial charge is 0.342 e. The Hall–Kier alpha value is -2.30. The number of anilines is 1. The molecule has 3 aromatic rings. The van der Waals surface area contributed by atoms with Gasteiger partial charge in [-0.3, -0.25) is 14.9 Å². The number of alkyl halides is 3. The summed E-state index contributed by atoms with van der Waals surface area (Å²) in [7, 11) is 0. The van der Waals surface area contributed by atoms with Crippen LogP contribution < -0.4 is 16.2 Å². The largest absolute Gasteiger partial charge is 0.406 e. The third-order valence-electron chi connectivity index (χ3n) is 5.15. The molecule has 1 fully saturated rings. The molecule has 1 aliphatic heterocycles. The van der Waals surface area contributed by atoms with Gasteiger partial charge in [0.15, 0.2) is 5.65 Å². The predicted octanol–water partition coefficient (Wildman–Crippen LogP) is 3.48. The number of nitrogens with one attached hydrogen (secondary N) is 2. The lowest BCUT2D eigenvalue weighted by Gasteiger charge is -2.40. The summed E-state index contributed by atoms with van der Waals surface area (Å²) in [5.41, 5.74) is 3.73. The van der Waals surface area contributed by atoms with Gasteiger partial charge < -0.3 is 10.6 Å². The molecule has 1 saturated heterocycles. The zero-order valence-corrected chi connectivity index (χ0v) is 16.3. The van der Waals surface area contributed by atoms with E-state index in [0.29, 0.717) is 16.3 Å². The Labute approximate surface area is 172 Å². The minimum absolute atomic E-state index is 0.00184. The molecule has 0 aliphatic carbocycles. The Kier molecular flexibility index (Phi) is 4.75. The van der Waals surface area contributed by atoms with Gasteiger partial charge in [-0.15, -0.1) is 0 Å². The van der Waals surface area contributed by atoms with Crippen molar-refractivity contribution in [1.82, 2.24) is 20.2 Å². The first kappa shape index (κ1) is 20.0. The molecule has 29 heavy (non-hydrogen) atoms. The second-order valence-electron chi connectivity index (χ2n) is 6.93. The highest BCUT2D eigenvalue weighted by Crippen LogP contribution is 2.37. The van der Waals surface area contributed by atoms with Crippen LogP contribution in [0.5, 0.6) is 0 Å². The first-order valence-corrected chi connectivity index (χ1v) is 9.40. The van der Waals surface area contributed by atoms with Crippen molar-refractivity contribution in [3.63, 3.8) is 0 Å². The molecule has 7 nitrogen and oxygen atoms in total. The third kappa shape index (κ3) is 3.34. The Morgan fingerprint density at radius 3 is 2.55 bits per heavy atom. The Balaban J connectivity index is 1.69. The lowest BCUT2D eigenvalue weighted by molar-refractivity contribution is -0.191. The van der Waals surface area contributed by atoms with Gasteiger partial charge in [0.2, 0.25) is 5.95 Å². The number of nitrogens with two attached hydrogens (primary N) is 1. The number of nitrogens with zero attached hydrogens (tertiary/aromatic N) is 3. The van der Waals surface area contributed by atoms with E-state index < -0.39 is 17.3 Å². The van der Waals surface area contributed by atoms with Crippen molar-refractivity contribution in [3.8, 4) is 11.3 Å². The summed E-state index contributed by atoms with van der Waals surface area (Å²) in [5.74, 6) is 0.141.